The molecule has 0 atom stereocenters. The van der Waals surface area contributed by atoms with E-state index < -0.39 is 0 Å². The molecule has 0 unspecified atom stereocenters. The van der Waals surface area contributed by atoms with Crippen molar-refractivity contribution < 1.29 is 4.79 Å². The average molecular weight is 374 g/mol. The molecule has 4 heterocycles. The van der Waals surface area contributed by atoms with Crippen molar-refractivity contribution in [3.8, 4) is 22.4 Å². The average Bonchev–Trinajstić information content (AvgIpc) is 3.36. The second kappa shape index (κ2) is 6.09. The Hall–Kier alpha value is -3.35. The van der Waals surface area contributed by atoms with E-state index in [4.69, 9.17) is 0 Å². The van der Waals surface area contributed by atoms with Gasteiger partial charge in [-0.1, -0.05) is 12.1 Å². The maximum absolute atomic E-state index is 11.9. The Kier molecular flexibility index (Phi) is 3.65. The molecule has 2 N–H and O–H groups in total. The van der Waals surface area contributed by atoms with Crippen molar-refractivity contribution in [1.29, 1.82) is 0 Å². The number of amides is 1. The number of carbonyl (C=O) groups excluding carboxylic acids is 1. The van der Waals surface area contributed by atoms with Gasteiger partial charge in [0.25, 0.3) is 0 Å². The molecule has 1 aliphatic rings. The van der Waals surface area contributed by atoms with Crippen LogP contribution in [0.2, 0.25) is 0 Å². The number of fused-ring (bicyclic) bond motifs is 2. The number of aryl methyl sites for hydroxylation is 2. The first-order valence-electron chi connectivity index (χ1n) is 9.44. The Bertz CT molecular complexity index is 1210. The molecule has 142 valence electrons. The van der Waals surface area contributed by atoms with Crippen molar-refractivity contribution in [1.82, 2.24) is 29.9 Å². The molecule has 28 heavy (non-hydrogen) atoms. The summed E-state index contributed by atoms with van der Waals surface area (Å²) in [7, 11) is 1.92. The van der Waals surface area contributed by atoms with Gasteiger partial charge in [0.15, 0.2) is 0 Å². The fourth-order valence-corrected chi connectivity index (χ4v) is 4.16. The van der Waals surface area contributed by atoms with Crippen LogP contribution in [0.15, 0.2) is 30.6 Å². The topological polar surface area (TPSA) is 82.6 Å². The zero-order valence-electron chi connectivity index (χ0n) is 16.2. The highest BCUT2D eigenvalue weighted by Crippen LogP contribution is 2.37. The van der Waals surface area contributed by atoms with Gasteiger partial charge in [0.1, 0.15) is 0 Å². The largest absolute Gasteiger partial charge is 0.358 e. The molecule has 0 fully saturated rings. The van der Waals surface area contributed by atoms with Gasteiger partial charge >= 0.3 is 0 Å². The summed E-state index contributed by atoms with van der Waals surface area (Å²) < 4.78 is 1.81. The lowest BCUT2D eigenvalue weighted by Crippen LogP contribution is -2.34. The molecule has 0 spiro atoms. The third kappa shape index (κ3) is 2.54. The summed E-state index contributed by atoms with van der Waals surface area (Å²) in [6, 6.07) is 6.42. The smallest absolute Gasteiger partial charge is 0.219 e. The van der Waals surface area contributed by atoms with Crippen LogP contribution in [0.25, 0.3) is 33.3 Å². The van der Waals surface area contributed by atoms with Crippen molar-refractivity contribution in [2.75, 3.05) is 6.54 Å². The van der Waals surface area contributed by atoms with E-state index in [9.17, 15) is 4.79 Å². The SMILES string of the molecule is CC(=O)N1CCc2[nH]nc(-c3c(C)[nH]c4cc(-c5cnn(C)c5)ccc34)c2C1. The van der Waals surface area contributed by atoms with E-state index in [0.29, 0.717) is 6.54 Å². The molecule has 0 radical (unpaired) electrons. The molecule has 1 aliphatic heterocycles. The first kappa shape index (κ1) is 16.8. The van der Waals surface area contributed by atoms with Crippen LogP contribution >= 0.6 is 0 Å². The van der Waals surface area contributed by atoms with Gasteiger partial charge in [-0.15, -0.1) is 0 Å². The van der Waals surface area contributed by atoms with Gasteiger partial charge < -0.3 is 9.88 Å². The van der Waals surface area contributed by atoms with Crippen LogP contribution in [0, 0.1) is 6.92 Å². The van der Waals surface area contributed by atoms with Gasteiger partial charge in [0.05, 0.1) is 11.9 Å². The summed E-state index contributed by atoms with van der Waals surface area (Å²) in [4.78, 5) is 17.3. The first-order chi connectivity index (χ1) is 13.5. The Balaban J connectivity index is 1.62. The summed E-state index contributed by atoms with van der Waals surface area (Å²) in [5.41, 5.74) is 8.68. The maximum Gasteiger partial charge on any atom is 0.219 e. The Labute approximate surface area is 162 Å². The number of H-pyrrole nitrogens is 2. The Morgan fingerprint density at radius 2 is 2.11 bits per heavy atom. The maximum atomic E-state index is 11.9. The van der Waals surface area contributed by atoms with Gasteiger partial charge in [0, 0.05) is 78.7 Å². The Morgan fingerprint density at radius 3 is 2.86 bits per heavy atom. The number of nitrogens with zero attached hydrogens (tertiary/aromatic N) is 4. The number of hydrogen-bond donors (Lipinski definition) is 2. The molecule has 0 bridgehead atoms. The molecule has 5 rings (SSSR count). The van der Waals surface area contributed by atoms with Crippen molar-refractivity contribution in [3.05, 3.63) is 47.5 Å². The predicted molar refractivity (Wildman–Crippen MR) is 108 cm³/mol. The third-order valence-electron chi connectivity index (χ3n) is 5.64. The summed E-state index contributed by atoms with van der Waals surface area (Å²) >= 11 is 0. The zero-order valence-corrected chi connectivity index (χ0v) is 16.2. The van der Waals surface area contributed by atoms with Crippen LogP contribution < -0.4 is 0 Å². The van der Waals surface area contributed by atoms with Crippen molar-refractivity contribution in [2.45, 2.75) is 26.8 Å². The second-order valence-electron chi connectivity index (χ2n) is 7.51. The molecule has 7 heteroatoms. The first-order valence-corrected chi connectivity index (χ1v) is 9.44. The molecule has 0 aliphatic carbocycles. The summed E-state index contributed by atoms with van der Waals surface area (Å²) in [5.74, 6) is 0.106. The monoisotopic (exact) mass is 374 g/mol. The van der Waals surface area contributed by atoms with Crippen LogP contribution in [0.1, 0.15) is 23.9 Å². The molecule has 1 amide bonds. The molecule has 0 saturated carbocycles. The lowest BCUT2D eigenvalue weighted by molar-refractivity contribution is -0.129. The summed E-state index contributed by atoms with van der Waals surface area (Å²) in [5, 5.41) is 13.2. The standard InChI is InChI=1S/C21H22N6O/c1-12-20(21-17-11-27(13(2)28)7-6-18(17)24-25-21)16-5-4-14(8-19(16)23-12)15-9-22-26(3)10-15/h4-5,8-10,23H,6-7,11H2,1-3H3,(H,24,25). The number of aromatic amines is 2. The summed E-state index contributed by atoms with van der Waals surface area (Å²) in [6.07, 6.45) is 4.70. The highest BCUT2D eigenvalue weighted by Gasteiger charge is 2.26. The van der Waals surface area contributed by atoms with E-state index in [0.717, 1.165) is 63.2 Å². The zero-order chi connectivity index (χ0) is 19.4. The van der Waals surface area contributed by atoms with Gasteiger partial charge in [-0.3, -0.25) is 14.6 Å². The number of benzene rings is 1. The predicted octanol–water partition coefficient (Wildman–Crippen LogP) is 3.17. The van der Waals surface area contributed by atoms with E-state index >= 15 is 0 Å². The molecule has 3 aromatic heterocycles. The number of aromatic nitrogens is 5. The molecular weight excluding hydrogens is 352 g/mol. The molecule has 4 aromatic rings. The third-order valence-corrected chi connectivity index (χ3v) is 5.64. The lowest BCUT2D eigenvalue weighted by Gasteiger charge is -2.26. The van der Waals surface area contributed by atoms with Gasteiger partial charge in [-0.25, -0.2) is 0 Å². The van der Waals surface area contributed by atoms with E-state index in [1.807, 2.05) is 29.0 Å². The fourth-order valence-electron chi connectivity index (χ4n) is 4.16. The number of nitrogens with one attached hydrogen (secondary N) is 2. The van der Waals surface area contributed by atoms with Crippen LogP contribution in [0.4, 0.5) is 0 Å². The normalized spacial score (nSPS) is 13.9. The highest BCUT2D eigenvalue weighted by atomic mass is 16.2. The van der Waals surface area contributed by atoms with Crippen LogP contribution in [-0.4, -0.2) is 42.3 Å². The van der Waals surface area contributed by atoms with Gasteiger partial charge in [0.2, 0.25) is 5.91 Å². The number of rotatable bonds is 2. The van der Waals surface area contributed by atoms with Crippen molar-refractivity contribution >= 4 is 16.8 Å². The molecular formula is C21H22N6O. The van der Waals surface area contributed by atoms with Gasteiger partial charge in [-0.05, 0) is 18.6 Å². The number of carbonyl (C=O) groups is 1. The number of hydrogen-bond acceptors (Lipinski definition) is 3. The second-order valence-corrected chi connectivity index (χ2v) is 7.51. The minimum Gasteiger partial charge on any atom is -0.358 e. The van der Waals surface area contributed by atoms with Gasteiger partial charge in [-0.2, -0.15) is 10.2 Å². The quantitative estimate of drug-likeness (QED) is 0.565. The van der Waals surface area contributed by atoms with E-state index in [1.165, 1.54) is 0 Å². The summed E-state index contributed by atoms with van der Waals surface area (Å²) in [6.45, 7) is 5.05. The Morgan fingerprint density at radius 1 is 1.25 bits per heavy atom. The minimum atomic E-state index is 0.106. The van der Waals surface area contributed by atoms with Crippen LogP contribution in [0.5, 0.6) is 0 Å². The lowest BCUT2D eigenvalue weighted by atomic mass is 9.98. The van der Waals surface area contributed by atoms with Crippen molar-refractivity contribution in [2.24, 2.45) is 7.05 Å². The van der Waals surface area contributed by atoms with E-state index in [1.54, 1.807) is 6.92 Å². The molecule has 1 aromatic carbocycles. The fraction of sp³-hybridized carbons (Fsp3) is 0.286. The van der Waals surface area contributed by atoms with Crippen LogP contribution in [-0.2, 0) is 24.8 Å². The van der Waals surface area contributed by atoms with E-state index in [-0.39, 0.29) is 5.91 Å². The highest BCUT2D eigenvalue weighted by molar-refractivity contribution is 5.99. The minimum absolute atomic E-state index is 0.106. The molecule has 7 nitrogen and oxygen atoms in total. The molecule has 0 saturated heterocycles. The van der Waals surface area contributed by atoms with E-state index in [2.05, 4.69) is 45.4 Å². The van der Waals surface area contributed by atoms with Crippen LogP contribution in [0.3, 0.4) is 0 Å². The van der Waals surface area contributed by atoms with Crippen molar-refractivity contribution in [3.63, 3.8) is 0 Å².